The molecular formula is C15H24N2O2S. The molecule has 3 N–H and O–H groups in total. The highest BCUT2D eigenvalue weighted by molar-refractivity contribution is 7.18. The number of Topliss-reactive ketones (excluding diaryl/α,β-unsaturated/α-hetero) is 1. The number of nitrogens with one attached hydrogen (secondary N) is 1. The molecule has 0 aliphatic carbocycles. The van der Waals surface area contributed by atoms with Crippen LogP contribution in [0, 0.1) is 11.8 Å². The van der Waals surface area contributed by atoms with E-state index in [0.717, 1.165) is 31.0 Å². The highest BCUT2D eigenvalue weighted by atomic mass is 32.1. The molecule has 1 aliphatic heterocycles. The van der Waals surface area contributed by atoms with Crippen LogP contribution in [0.15, 0.2) is 6.07 Å². The number of ether oxygens (including phenoxy) is 1. The fraction of sp³-hybridized carbons (Fsp3) is 0.667. The number of hydrogen-bond donors (Lipinski definition) is 2. The summed E-state index contributed by atoms with van der Waals surface area (Å²) in [5.41, 5.74) is 6.53. The van der Waals surface area contributed by atoms with Crippen molar-refractivity contribution in [2.45, 2.75) is 39.7 Å². The predicted octanol–water partition coefficient (Wildman–Crippen LogP) is 3.40. The number of hydrogen-bond acceptors (Lipinski definition) is 5. The van der Waals surface area contributed by atoms with Crippen LogP contribution in [-0.4, -0.2) is 25.0 Å². The Balaban J connectivity index is 1.97. The van der Waals surface area contributed by atoms with Crippen molar-refractivity contribution in [1.29, 1.82) is 0 Å². The van der Waals surface area contributed by atoms with Crippen LogP contribution in [0.1, 0.15) is 43.3 Å². The van der Waals surface area contributed by atoms with Crippen LogP contribution in [0.25, 0.3) is 0 Å². The minimum Gasteiger partial charge on any atom is -0.397 e. The first-order valence-corrected chi connectivity index (χ1v) is 8.13. The Hall–Kier alpha value is -1.07. The molecule has 20 heavy (non-hydrogen) atoms. The summed E-state index contributed by atoms with van der Waals surface area (Å²) < 4.78 is 5.69. The SMILES string of the molecule is CCC1OCCC1CNc1cc(N)c(C(=O)C(C)C)s1. The predicted molar refractivity (Wildman–Crippen MR) is 84.5 cm³/mol. The average molecular weight is 296 g/mol. The Kier molecular flexibility index (Phi) is 5.05. The van der Waals surface area contributed by atoms with Crippen molar-refractivity contribution in [2.24, 2.45) is 11.8 Å². The monoisotopic (exact) mass is 296 g/mol. The molecule has 1 saturated heterocycles. The molecule has 0 aromatic carbocycles. The Morgan fingerprint density at radius 2 is 2.35 bits per heavy atom. The third kappa shape index (κ3) is 3.33. The van der Waals surface area contributed by atoms with E-state index in [1.54, 1.807) is 0 Å². The Bertz CT molecular complexity index is 470. The van der Waals surface area contributed by atoms with Crippen LogP contribution in [0.2, 0.25) is 0 Å². The van der Waals surface area contributed by atoms with Gasteiger partial charge in [-0.2, -0.15) is 0 Å². The van der Waals surface area contributed by atoms with Crippen molar-refractivity contribution in [3.8, 4) is 0 Å². The van der Waals surface area contributed by atoms with Crippen LogP contribution in [0.4, 0.5) is 10.7 Å². The zero-order chi connectivity index (χ0) is 14.7. The van der Waals surface area contributed by atoms with Gasteiger partial charge in [-0.25, -0.2) is 0 Å². The number of carbonyl (C=O) groups excluding carboxylic acids is 1. The largest absolute Gasteiger partial charge is 0.397 e. The molecule has 1 aromatic rings. The third-order valence-corrected chi connectivity index (χ3v) is 4.92. The van der Waals surface area contributed by atoms with Crippen LogP contribution in [0.3, 0.4) is 0 Å². The molecule has 2 rings (SSSR count). The lowest BCUT2D eigenvalue weighted by molar-refractivity contribution is 0.0900. The van der Waals surface area contributed by atoms with Crippen LogP contribution < -0.4 is 11.1 Å². The molecule has 0 amide bonds. The fourth-order valence-corrected chi connectivity index (χ4v) is 3.63. The van der Waals surface area contributed by atoms with Crippen molar-refractivity contribution in [3.63, 3.8) is 0 Å². The van der Waals surface area contributed by atoms with Gasteiger partial charge in [0.15, 0.2) is 5.78 Å². The molecule has 1 aliphatic rings. The molecule has 2 atom stereocenters. The van der Waals surface area contributed by atoms with Gasteiger partial charge < -0.3 is 15.8 Å². The number of ketones is 1. The molecule has 0 radical (unpaired) electrons. The fourth-order valence-electron chi connectivity index (χ4n) is 2.56. The van der Waals surface area contributed by atoms with Gasteiger partial charge in [0, 0.05) is 25.0 Å². The van der Waals surface area contributed by atoms with E-state index in [9.17, 15) is 4.79 Å². The molecule has 2 heterocycles. The van der Waals surface area contributed by atoms with Crippen molar-refractivity contribution in [2.75, 3.05) is 24.2 Å². The number of anilines is 2. The lowest BCUT2D eigenvalue weighted by Crippen LogP contribution is -2.22. The molecule has 112 valence electrons. The lowest BCUT2D eigenvalue weighted by Gasteiger charge is -2.17. The zero-order valence-electron chi connectivity index (χ0n) is 12.4. The maximum Gasteiger partial charge on any atom is 0.177 e. The summed E-state index contributed by atoms with van der Waals surface area (Å²) in [6.07, 6.45) is 2.51. The molecular weight excluding hydrogens is 272 g/mol. The van der Waals surface area contributed by atoms with E-state index in [1.165, 1.54) is 11.3 Å². The lowest BCUT2D eigenvalue weighted by atomic mass is 10.00. The third-order valence-electron chi connectivity index (χ3n) is 3.80. The first-order chi connectivity index (χ1) is 9.52. The molecule has 0 bridgehead atoms. The number of carbonyl (C=O) groups is 1. The van der Waals surface area contributed by atoms with E-state index in [2.05, 4.69) is 12.2 Å². The molecule has 1 fully saturated rings. The standard InChI is InChI=1S/C15H24N2O2S/c1-4-12-10(5-6-19-12)8-17-13-7-11(16)15(20-13)14(18)9(2)3/h7,9-10,12,17H,4-6,8,16H2,1-3H3. The van der Waals surface area contributed by atoms with Gasteiger partial charge in [0.05, 0.1) is 21.7 Å². The maximum absolute atomic E-state index is 12.0. The quantitative estimate of drug-likeness (QED) is 0.790. The summed E-state index contributed by atoms with van der Waals surface area (Å²) in [5.74, 6) is 0.653. The molecule has 1 aromatic heterocycles. The van der Waals surface area contributed by atoms with Crippen molar-refractivity contribution in [3.05, 3.63) is 10.9 Å². The highest BCUT2D eigenvalue weighted by Crippen LogP contribution is 2.32. The summed E-state index contributed by atoms with van der Waals surface area (Å²) in [6, 6.07) is 1.87. The first kappa shape index (κ1) is 15.3. The Labute approximate surface area is 124 Å². The molecule has 0 spiro atoms. The minimum atomic E-state index is -0.0171. The topological polar surface area (TPSA) is 64.3 Å². The van der Waals surface area contributed by atoms with Crippen LogP contribution in [-0.2, 0) is 4.74 Å². The summed E-state index contributed by atoms with van der Waals surface area (Å²) in [4.78, 5) is 12.7. The van der Waals surface area contributed by atoms with Gasteiger partial charge in [-0.3, -0.25) is 4.79 Å². The van der Waals surface area contributed by atoms with Gasteiger partial charge in [-0.05, 0) is 18.9 Å². The smallest absolute Gasteiger partial charge is 0.177 e. The maximum atomic E-state index is 12.0. The number of nitrogen functional groups attached to an aromatic ring is 1. The number of rotatable bonds is 6. The first-order valence-electron chi connectivity index (χ1n) is 7.31. The van der Waals surface area contributed by atoms with Gasteiger partial charge in [0.1, 0.15) is 0 Å². The zero-order valence-corrected chi connectivity index (χ0v) is 13.3. The molecule has 4 nitrogen and oxygen atoms in total. The molecule has 5 heteroatoms. The Morgan fingerprint density at radius 3 is 3.00 bits per heavy atom. The molecule has 2 unspecified atom stereocenters. The van der Waals surface area contributed by atoms with Gasteiger partial charge in [-0.15, -0.1) is 11.3 Å². The summed E-state index contributed by atoms with van der Waals surface area (Å²) in [7, 11) is 0. The summed E-state index contributed by atoms with van der Waals surface area (Å²) in [5, 5.41) is 4.39. The normalized spacial score (nSPS) is 22.4. The summed E-state index contributed by atoms with van der Waals surface area (Å²) in [6.45, 7) is 7.69. The molecule has 0 saturated carbocycles. The van der Waals surface area contributed by atoms with Gasteiger partial charge in [0.25, 0.3) is 0 Å². The minimum absolute atomic E-state index is 0.0171. The second-order valence-electron chi connectivity index (χ2n) is 5.66. The highest BCUT2D eigenvalue weighted by Gasteiger charge is 2.26. The summed E-state index contributed by atoms with van der Waals surface area (Å²) >= 11 is 1.46. The number of thiophene rings is 1. The second-order valence-corrected chi connectivity index (χ2v) is 6.71. The number of nitrogens with two attached hydrogens (primary N) is 1. The van der Waals surface area contributed by atoms with Crippen LogP contribution in [0.5, 0.6) is 0 Å². The van der Waals surface area contributed by atoms with Crippen molar-refractivity contribution < 1.29 is 9.53 Å². The van der Waals surface area contributed by atoms with E-state index in [0.29, 0.717) is 22.6 Å². The van der Waals surface area contributed by atoms with Gasteiger partial charge in [-0.1, -0.05) is 20.8 Å². The van der Waals surface area contributed by atoms with E-state index < -0.39 is 0 Å². The van der Waals surface area contributed by atoms with E-state index in [-0.39, 0.29) is 11.7 Å². The average Bonchev–Trinajstić information content (AvgIpc) is 3.01. The van der Waals surface area contributed by atoms with E-state index >= 15 is 0 Å². The van der Waals surface area contributed by atoms with E-state index in [1.807, 2.05) is 19.9 Å². The van der Waals surface area contributed by atoms with Gasteiger partial charge in [0.2, 0.25) is 0 Å². The van der Waals surface area contributed by atoms with Gasteiger partial charge >= 0.3 is 0 Å². The van der Waals surface area contributed by atoms with Crippen molar-refractivity contribution in [1.82, 2.24) is 0 Å². The second kappa shape index (κ2) is 6.59. The van der Waals surface area contributed by atoms with Crippen LogP contribution >= 0.6 is 11.3 Å². The van der Waals surface area contributed by atoms with E-state index in [4.69, 9.17) is 10.5 Å². The Morgan fingerprint density at radius 1 is 1.60 bits per heavy atom. The van der Waals surface area contributed by atoms with Crippen molar-refractivity contribution >= 4 is 27.8 Å².